The molecule has 4 aliphatic rings. The van der Waals surface area contributed by atoms with Gasteiger partial charge in [0.2, 0.25) is 0 Å². The average molecular weight is 193 g/mol. The maximum atomic E-state index is 5.79. The van der Waals surface area contributed by atoms with E-state index >= 15 is 0 Å². The van der Waals surface area contributed by atoms with Gasteiger partial charge in [0.1, 0.15) is 0 Å². The highest BCUT2D eigenvalue weighted by atomic mass is 14.6. The van der Waals surface area contributed by atoms with Crippen molar-refractivity contribution in [3.63, 3.8) is 0 Å². The lowest BCUT2D eigenvalue weighted by Crippen LogP contribution is -2.51. The van der Waals surface area contributed by atoms with Gasteiger partial charge in [-0.05, 0) is 74.2 Å². The fraction of sp³-hybridized carbons (Fsp3) is 1.00. The van der Waals surface area contributed by atoms with Crippen molar-refractivity contribution in [1.82, 2.24) is 0 Å². The van der Waals surface area contributed by atoms with Crippen LogP contribution in [0.4, 0.5) is 0 Å². The summed E-state index contributed by atoms with van der Waals surface area (Å²) in [4.78, 5) is 0. The third-order valence-electron chi connectivity index (χ3n) is 5.15. The van der Waals surface area contributed by atoms with Gasteiger partial charge < -0.3 is 5.73 Å². The molecule has 0 heterocycles. The van der Waals surface area contributed by atoms with E-state index in [1.54, 1.807) is 6.42 Å². The predicted molar refractivity (Wildman–Crippen MR) is 58.9 cm³/mol. The van der Waals surface area contributed by atoms with Gasteiger partial charge in [0.05, 0.1) is 0 Å². The van der Waals surface area contributed by atoms with Crippen LogP contribution in [0.2, 0.25) is 0 Å². The van der Waals surface area contributed by atoms with Gasteiger partial charge in [0, 0.05) is 0 Å². The molecule has 4 bridgehead atoms. The quantitative estimate of drug-likeness (QED) is 0.717. The highest BCUT2D eigenvalue weighted by Gasteiger charge is 2.54. The van der Waals surface area contributed by atoms with Crippen molar-refractivity contribution in [3.05, 3.63) is 0 Å². The van der Waals surface area contributed by atoms with Crippen LogP contribution < -0.4 is 5.73 Å². The minimum absolute atomic E-state index is 0.688. The molecule has 0 radical (unpaired) electrons. The maximum absolute atomic E-state index is 5.79. The second kappa shape index (κ2) is 2.75. The van der Waals surface area contributed by atoms with Gasteiger partial charge in [0.15, 0.2) is 0 Å². The standard InChI is InChI=1S/C13H23N/c1-12-5-10-4-11(6-12)8-13(7-10,9-12)2-3-14/h10-11H,2-9,14H2,1H3. The Labute approximate surface area is 87.4 Å². The summed E-state index contributed by atoms with van der Waals surface area (Å²) in [5.41, 5.74) is 7.19. The lowest BCUT2D eigenvalue weighted by Gasteiger charge is -2.61. The Hall–Kier alpha value is -0.0400. The fourth-order valence-electron chi connectivity index (χ4n) is 5.53. The first kappa shape index (κ1) is 9.21. The van der Waals surface area contributed by atoms with E-state index in [2.05, 4.69) is 6.92 Å². The Morgan fingerprint density at radius 3 is 2.29 bits per heavy atom. The zero-order chi connectivity index (χ0) is 9.81. The summed E-state index contributed by atoms with van der Waals surface area (Å²) in [5, 5.41) is 0. The second-order valence-electron chi connectivity index (χ2n) is 6.81. The first-order valence-electron chi connectivity index (χ1n) is 6.33. The topological polar surface area (TPSA) is 26.0 Å². The molecule has 4 saturated carbocycles. The third-order valence-corrected chi connectivity index (χ3v) is 5.15. The molecule has 0 aromatic rings. The molecule has 2 unspecified atom stereocenters. The predicted octanol–water partition coefficient (Wildman–Crippen LogP) is 2.94. The van der Waals surface area contributed by atoms with E-state index in [9.17, 15) is 0 Å². The number of nitrogens with two attached hydrogens (primary N) is 1. The van der Waals surface area contributed by atoms with Gasteiger partial charge in [-0.1, -0.05) is 6.92 Å². The molecule has 2 atom stereocenters. The molecule has 4 fully saturated rings. The minimum atomic E-state index is 0.688. The van der Waals surface area contributed by atoms with Crippen LogP contribution in [0.15, 0.2) is 0 Å². The van der Waals surface area contributed by atoms with E-state index in [-0.39, 0.29) is 0 Å². The molecular formula is C13H23N. The van der Waals surface area contributed by atoms with Crippen molar-refractivity contribution in [3.8, 4) is 0 Å². The van der Waals surface area contributed by atoms with E-state index in [4.69, 9.17) is 5.73 Å². The summed E-state index contributed by atoms with van der Waals surface area (Å²) in [6.07, 6.45) is 10.4. The maximum Gasteiger partial charge on any atom is -0.00720 e. The minimum Gasteiger partial charge on any atom is -0.330 e. The van der Waals surface area contributed by atoms with E-state index in [0.29, 0.717) is 10.8 Å². The van der Waals surface area contributed by atoms with Gasteiger partial charge in [-0.25, -0.2) is 0 Å². The van der Waals surface area contributed by atoms with Crippen LogP contribution in [-0.4, -0.2) is 6.54 Å². The molecule has 0 aromatic carbocycles. The second-order valence-corrected chi connectivity index (χ2v) is 6.81. The molecule has 80 valence electrons. The monoisotopic (exact) mass is 193 g/mol. The lowest BCUT2D eigenvalue weighted by atomic mass is 9.44. The van der Waals surface area contributed by atoms with Crippen LogP contribution >= 0.6 is 0 Å². The summed E-state index contributed by atoms with van der Waals surface area (Å²) in [7, 11) is 0. The zero-order valence-electron chi connectivity index (χ0n) is 9.39. The molecule has 2 N–H and O–H groups in total. The van der Waals surface area contributed by atoms with Gasteiger partial charge >= 0.3 is 0 Å². The van der Waals surface area contributed by atoms with Gasteiger partial charge in [-0.2, -0.15) is 0 Å². The summed E-state index contributed by atoms with van der Waals surface area (Å²) >= 11 is 0. The van der Waals surface area contributed by atoms with Crippen molar-refractivity contribution >= 4 is 0 Å². The highest BCUT2D eigenvalue weighted by molar-refractivity contribution is 5.05. The molecule has 1 heteroatoms. The van der Waals surface area contributed by atoms with Crippen LogP contribution in [-0.2, 0) is 0 Å². The normalized spacial score (nSPS) is 55.3. The smallest absolute Gasteiger partial charge is 0.00720 e. The summed E-state index contributed by atoms with van der Waals surface area (Å²) < 4.78 is 0. The van der Waals surface area contributed by atoms with Crippen LogP contribution in [0.1, 0.15) is 51.9 Å². The number of rotatable bonds is 2. The van der Waals surface area contributed by atoms with E-state index in [1.165, 1.54) is 38.5 Å². The fourth-order valence-corrected chi connectivity index (χ4v) is 5.53. The van der Waals surface area contributed by atoms with Crippen molar-refractivity contribution in [2.45, 2.75) is 51.9 Å². The van der Waals surface area contributed by atoms with Crippen LogP contribution in [0.5, 0.6) is 0 Å². The average Bonchev–Trinajstić information content (AvgIpc) is 1.97. The Morgan fingerprint density at radius 1 is 1.14 bits per heavy atom. The SMILES string of the molecule is CC12CC3CC(C1)CC(CCN)(C3)C2. The molecule has 14 heavy (non-hydrogen) atoms. The van der Waals surface area contributed by atoms with E-state index < -0.39 is 0 Å². The molecule has 4 rings (SSSR count). The van der Waals surface area contributed by atoms with Gasteiger partial charge in [0.25, 0.3) is 0 Å². The first-order valence-corrected chi connectivity index (χ1v) is 6.33. The summed E-state index contributed by atoms with van der Waals surface area (Å²) in [6.45, 7) is 3.45. The van der Waals surface area contributed by atoms with Crippen molar-refractivity contribution in [2.75, 3.05) is 6.54 Å². The first-order chi connectivity index (χ1) is 6.63. The molecule has 4 aliphatic carbocycles. The van der Waals surface area contributed by atoms with Crippen molar-refractivity contribution in [2.24, 2.45) is 28.4 Å². The van der Waals surface area contributed by atoms with E-state index in [0.717, 1.165) is 18.4 Å². The largest absolute Gasteiger partial charge is 0.330 e. The van der Waals surface area contributed by atoms with Crippen LogP contribution in [0.3, 0.4) is 0 Å². The van der Waals surface area contributed by atoms with Crippen molar-refractivity contribution in [1.29, 1.82) is 0 Å². The number of hydrogen-bond donors (Lipinski definition) is 1. The number of hydrogen-bond acceptors (Lipinski definition) is 1. The molecule has 0 amide bonds. The lowest BCUT2D eigenvalue weighted by molar-refractivity contribution is -0.104. The summed E-state index contributed by atoms with van der Waals surface area (Å²) in [5.74, 6) is 2.13. The zero-order valence-corrected chi connectivity index (χ0v) is 9.39. The van der Waals surface area contributed by atoms with Crippen molar-refractivity contribution < 1.29 is 0 Å². The Kier molecular flexibility index (Phi) is 1.81. The third kappa shape index (κ3) is 1.25. The van der Waals surface area contributed by atoms with Gasteiger partial charge in [-0.15, -0.1) is 0 Å². The molecule has 0 aliphatic heterocycles. The van der Waals surface area contributed by atoms with Crippen LogP contribution in [0, 0.1) is 22.7 Å². The molecule has 0 spiro atoms. The Morgan fingerprint density at radius 2 is 1.79 bits per heavy atom. The molecular weight excluding hydrogens is 170 g/mol. The molecule has 0 saturated heterocycles. The van der Waals surface area contributed by atoms with Gasteiger partial charge in [-0.3, -0.25) is 0 Å². The van der Waals surface area contributed by atoms with Crippen LogP contribution in [0.25, 0.3) is 0 Å². The highest BCUT2D eigenvalue weighted by Crippen LogP contribution is 2.65. The molecule has 1 nitrogen and oxygen atoms in total. The Balaban J connectivity index is 1.89. The summed E-state index contributed by atoms with van der Waals surface area (Å²) in [6, 6.07) is 0. The van der Waals surface area contributed by atoms with E-state index in [1.807, 2.05) is 0 Å². The Bertz CT molecular complexity index is 232. The molecule has 0 aromatic heterocycles.